The number of fused-ring (bicyclic) bond motifs is 1. The lowest BCUT2D eigenvalue weighted by atomic mass is 10.1. The van der Waals surface area contributed by atoms with Gasteiger partial charge in [-0.15, -0.1) is 0 Å². The van der Waals surface area contributed by atoms with Crippen molar-refractivity contribution in [1.82, 2.24) is 15.6 Å². The fraction of sp³-hybridized carbons (Fsp3) is 0.200. The molecule has 146 valence electrons. The van der Waals surface area contributed by atoms with Crippen LogP contribution < -0.4 is 15.4 Å². The minimum Gasteiger partial charge on any atom is -0.496 e. The molecule has 0 saturated heterocycles. The van der Waals surface area contributed by atoms with Crippen LogP contribution in [0.4, 0.5) is 9.18 Å². The Bertz CT molecular complexity index is 1000. The van der Waals surface area contributed by atoms with Crippen LogP contribution in [-0.4, -0.2) is 35.2 Å². The smallest absolute Gasteiger partial charge is 0.326 e. The number of carbonyl (C=O) groups excluding carboxylic acids is 1. The second-order valence-corrected chi connectivity index (χ2v) is 6.24. The molecular weight excluding hydrogens is 365 g/mol. The molecule has 2 amide bonds. The lowest BCUT2D eigenvalue weighted by Gasteiger charge is -2.16. The number of urea groups is 1. The molecule has 3 rings (SSSR count). The minimum absolute atomic E-state index is 0.00775. The van der Waals surface area contributed by atoms with E-state index in [1.54, 1.807) is 6.20 Å². The Morgan fingerprint density at radius 1 is 1.21 bits per heavy atom. The Morgan fingerprint density at radius 2 is 2.00 bits per heavy atom. The van der Waals surface area contributed by atoms with Crippen LogP contribution in [0, 0.1) is 5.82 Å². The van der Waals surface area contributed by atoms with Crippen molar-refractivity contribution in [3.63, 3.8) is 0 Å². The average molecular weight is 385 g/mol. The molecule has 28 heavy (non-hydrogen) atoms. The van der Waals surface area contributed by atoms with Gasteiger partial charge in [-0.2, -0.15) is 0 Å². The van der Waals surface area contributed by atoms with Gasteiger partial charge in [0.05, 0.1) is 7.11 Å². The predicted molar refractivity (Wildman–Crippen MR) is 102 cm³/mol. The molecule has 0 saturated carbocycles. The fourth-order valence-corrected chi connectivity index (χ4v) is 2.99. The predicted octanol–water partition coefficient (Wildman–Crippen LogP) is 2.81. The number of nitrogens with one attached hydrogen (secondary N) is 3. The number of methoxy groups -OCH3 is 1. The number of H-pyrrole nitrogens is 1. The van der Waals surface area contributed by atoms with Gasteiger partial charge in [-0.1, -0.05) is 18.2 Å². The number of aromatic amines is 1. The highest BCUT2D eigenvalue weighted by Gasteiger charge is 2.22. The molecular formula is C20H20FN3O4. The summed E-state index contributed by atoms with van der Waals surface area (Å²) in [5.74, 6) is -1.18. The zero-order valence-electron chi connectivity index (χ0n) is 15.2. The van der Waals surface area contributed by atoms with Crippen molar-refractivity contribution in [1.29, 1.82) is 0 Å². The van der Waals surface area contributed by atoms with Crippen molar-refractivity contribution >= 4 is 22.9 Å². The highest BCUT2D eigenvalue weighted by molar-refractivity contribution is 5.86. The molecule has 2 aromatic carbocycles. The summed E-state index contributed by atoms with van der Waals surface area (Å²) in [5, 5.41) is 15.4. The first-order valence-corrected chi connectivity index (χ1v) is 8.62. The molecule has 3 aromatic rings. The number of carboxylic acid groups (broad SMARTS) is 1. The second-order valence-electron chi connectivity index (χ2n) is 6.24. The molecule has 1 aromatic heterocycles. The molecule has 0 radical (unpaired) electrons. The average Bonchev–Trinajstić information content (AvgIpc) is 3.09. The van der Waals surface area contributed by atoms with Gasteiger partial charge in [0, 0.05) is 35.6 Å². The first kappa shape index (κ1) is 19.2. The van der Waals surface area contributed by atoms with Gasteiger partial charge < -0.3 is 25.5 Å². The molecule has 1 heterocycles. The lowest BCUT2D eigenvalue weighted by molar-refractivity contribution is -0.139. The monoisotopic (exact) mass is 385 g/mol. The van der Waals surface area contributed by atoms with Gasteiger partial charge in [0.25, 0.3) is 0 Å². The van der Waals surface area contributed by atoms with Gasteiger partial charge in [-0.3, -0.25) is 0 Å². The first-order chi connectivity index (χ1) is 13.5. The Labute approximate surface area is 160 Å². The Hall–Kier alpha value is -3.55. The van der Waals surface area contributed by atoms with E-state index in [2.05, 4.69) is 15.6 Å². The zero-order chi connectivity index (χ0) is 20.1. The zero-order valence-corrected chi connectivity index (χ0v) is 15.2. The van der Waals surface area contributed by atoms with E-state index in [0.29, 0.717) is 11.3 Å². The van der Waals surface area contributed by atoms with Crippen molar-refractivity contribution in [2.75, 3.05) is 7.11 Å². The fourth-order valence-electron chi connectivity index (χ4n) is 2.99. The topological polar surface area (TPSA) is 103 Å². The molecule has 0 unspecified atom stereocenters. The van der Waals surface area contributed by atoms with E-state index in [4.69, 9.17) is 4.74 Å². The van der Waals surface area contributed by atoms with Crippen LogP contribution in [0.2, 0.25) is 0 Å². The summed E-state index contributed by atoms with van der Waals surface area (Å²) in [6.07, 6.45) is 1.86. The molecule has 7 nitrogen and oxygen atoms in total. The van der Waals surface area contributed by atoms with Crippen LogP contribution in [0.1, 0.15) is 11.1 Å². The van der Waals surface area contributed by atoms with Gasteiger partial charge in [-0.05, 0) is 29.8 Å². The Kier molecular flexibility index (Phi) is 5.78. The van der Waals surface area contributed by atoms with Crippen molar-refractivity contribution in [3.05, 3.63) is 65.6 Å². The van der Waals surface area contributed by atoms with Crippen molar-refractivity contribution in [2.45, 2.75) is 19.0 Å². The largest absolute Gasteiger partial charge is 0.496 e. The van der Waals surface area contributed by atoms with Gasteiger partial charge in [0.2, 0.25) is 0 Å². The Morgan fingerprint density at radius 3 is 2.75 bits per heavy atom. The number of hydrogen-bond acceptors (Lipinski definition) is 3. The molecule has 0 aliphatic rings. The van der Waals surface area contributed by atoms with Crippen molar-refractivity contribution in [3.8, 4) is 5.75 Å². The van der Waals surface area contributed by atoms with Crippen LogP contribution in [-0.2, 0) is 17.8 Å². The van der Waals surface area contributed by atoms with Gasteiger partial charge >= 0.3 is 12.0 Å². The maximum Gasteiger partial charge on any atom is 0.326 e. The third-order valence-electron chi connectivity index (χ3n) is 4.38. The SMILES string of the molecule is COc1ccc(F)cc1CNC(=O)N[C@H](Cc1c[nH]c2ccccc12)C(=O)O. The van der Waals surface area contributed by atoms with Crippen molar-refractivity contribution < 1.29 is 23.8 Å². The molecule has 0 spiro atoms. The molecule has 4 N–H and O–H groups in total. The number of aliphatic carboxylic acids is 1. The van der Waals surface area contributed by atoms with Gasteiger partial charge in [0.1, 0.15) is 17.6 Å². The number of hydrogen-bond donors (Lipinski definition) is 4. The van der Waals surface area contributed by atoms with Gasteiger partial charge in [0.15, 0.2) is 0 Å². The van der Waals surface area contributed by atoms with Gasteiger partial charge in [-0.25, -0.2) is 14.0 Å². The Balaban J connectivity index is 1.65. The van der Waals surface area contributed by atoms with E-state index in [1.807, 2.05) is 24.3 Å². The number of rotatable bonds is 7. The number of benzene rings is 2. The van der Waals surface area contributed by atoms with Crippen LogP contribution in [0.3, 0.4) is 0 Å². The maximum atomic E-state index is 13.4. The number of aromatic nitrogens is 1. The first-order valence-electron chi connectivity index (χ1n) is 8.62. The number of carboxylic acids is 1. The maximum absolute atomic E-state index is 13.4. The van der Waals surface area contributed by atoms with Crippen molar-refractivity contribution in [2.24, 2.45) is 0 Å². The molecule has 0 aliphatic heterocycles. The summed E-state index contributed by atoms with van der Waals surface area (Å²) < 4.78 is 18.5. The number of ether oxygens (including phenoxy) is 1. The summed E-state index contributed by atoms with van der Waals surface area (Å²) in [7, 11) is 1.44. The highest BCUT2D eigenvalue weighted by atomic mass is 19.1. The molecule has 1 atom stereocenters. The normalized spacial score (nSPS) is 11.8. The standard InChI is InChI=1S/C20H20FN3O4/c1-28-18-7-6-14(21)8-13(18)11-23-20(27)24-17(19(25)26)9-12-10-22-16-5-3-2-4-15(12)16/h2-8,10,17,22H,9,11H2,1H3,(H,25,26)(H2,23,24,27)/t17-/m1/s1. The number of amides is 2. The summed E-state index contributed by atoms with van der Waals surface area (Å²) >= 11 is 0. The quantitative estimate of drug-likeness (QED) is 0.502. The third kappa shape index (κ3) is 4.40. The van der Waals surface area contributed by atoms with Crippen LogP contribution in [0.15, 0.2) is 48.7 Å². The van der Waals surface area contributed by atoms with E-state index in [1.165, 1.54) is 25.3 Å². The molecule has 0 fully saturated rings. The van der Waals surface area contributed by atoms with E-state index < -0.39 is 23.9 Å². The van der Waals surface area contributed by atoms with E-state index in [9.17, 15) is 19.1 Å². The third-order valence-corrected chi connectivity index (χ3v) is 4.38. The van der Waals surface area contributed by atoms with E-state index in [0.717, 1.165) is 16.5 Å². The molecule has 0 aliphatic carbocycles. The summed E-state index contributed by atoms with van der Waals surface area (Å²) in [4.78, 5) is 26.9. The van der Waals surface area contributed by atoms with Crippen LogP contribution in [0.5, 0.6) is 5.75 Å². The summed E-state index contributed by atoms with van der Waals surface area (Å²) in [6, 6.07) is 9.70. The highest BCUT2D eigenvalue weighted by Crippen LogP contribution is 2.20. The van der Waals surface area contributed by atoms with Crippen LogP contribution in [0.25, 0.3) is 10.9 Å². The van der Waals surface area contributed by atoms with E-state index >= 15 is 0 Å². The summed E-state index contributed by atoms with van der Waals surface area (Å²) in [5.41, 5.74) is 2.13. The lowest BCUT2D eigenvalue weighted by Crippen LogP contribution is -2.46. The summed E-state index contributed by atoms with van der Waals surface area (Å²) in [6.45, 7) is -0.00775. The van der Waals surface area contributed by atoms with Crippen LogP contribution >= 0.6 is 0 Å². The number of carbonyl (C=O) groups is 2. The second kappa shape index (κ2) is 8.43. The molecule has 8 heteroatoms. The molecule has 0 bridgehead atoms. The number of halogens is 1. The van der Waals surface area contributed by atoms with E-state index in [-0.39, 0.29) is 13.0 Å². The number of para-hydroxylation sites is 1. The minimum atomic E-state index is -1.15.